The first kappa shape index (κ1) is 23.5. The topological polar surface area (TPSA) is 131 Å². The minimum atomic E-state index is -1.03. The van der Waals surface area contributed by atoms with Crippen molar-refractivity contribution >= 4 is 24.1 Å². The fraction of sp³-hybridized carbons (Fsp3) is 0.500. The summed E-state index contributed by atoms with van der Waals surface area (Å²) in [4.78, 5) is 48.6. The average Bonchev–Trinajstić information content (AvgIpc) is 2.73. The molecule has 1 fully saturated rings. The molecule has 1 aliphatic rings. The van der Waals surface area contributed by atoms with Gasteiger partial charge in [-0.25, -0.2) is 0 Å². The summed E-state index contributed by atoms with van der Waals surface area (Å²) in [7, 11) is 0. The SMILES string of the molecule is Cc1ccc(OCCOCCOCCO)cc1C(=O)N(C=O)C1CCC(=O)NC1=O. The second-order valence-corrected chi connectivity index (χ2v) is 6.56. The fourth-order valence-corrected chi connectivity index (χ4v) is 2.88. The lowest BCUT2D eigenvalue weighted by Gasteiger charge is -2.28. The van der Waals surface area contributed by atoms with Gasteiger partial charge in [0.1, 0.15) is 18.4 Å². The molecule has 1 heterocycles. The van der Waals surface area contributed by atoms with Gasteiger partial charge in [-0.05, 0) is 31.0 Å². The number of aryl methyl sites for hydroxylation is 1. The molecule has 10 nitrogen and oxygen atoms in total. The first-order valence-electron chi connectivity index (χ1n) is 9.59. The van der Waals surface area contributed by atoms with Gasteiger partial charge in [0.05, 0.1) is 33.0 Å². The number of rotatable bonds is 12. The number of carbonyl (C=O) groups excluding carboxylic acids is 4. The number of hydrogen-bond donors (Lipinski definition) is 2. The highest BCUT2D eigenvalue weighted by atomic mass is 16.5. The highest BCUT2D eigenvalue weighted by molar-refractivity contribution is 6.07. The third-order valence-corrected chi connectivity index (χ3v) is 4.44. The number of aliphatic hydroxyl groups is 1. The summed E-state index contributed by atoms with van der Waals surface area (Å²) in [6, 6.07) is 3.84. The van der Waals surface area contributed by atoms with Crippen LogP contribution in [0.15, 0.2) is 18.2 Å². The van der Waals surface area contributed by atoms with Crippen LogP contribution in [0.3, 0.4) is 0 Å². The van der Waals surface area contributed by atoms with Gasteiger partial charge in [-0.1, -0.05) is 6.07 Å². The maximum Gasteiger partial charge on any atom is 0.261 e. The quantitative estimate of drug-likeness (QED) is 0.269. The van der Waals surface area contributed by atoms with E-state index >= 15 is 0 Å². The Morgan fingerprint density at radius 1 is 1.20 bits per heavy atom. The van der Waals surface area contributed by atoms with Crippen LogP contribution in [0.5, 0.6) is 5.75 Å². The summed E-state index contributed by atoms with van der Waals surface area (Å²) in [5, 5.41) is 10.7. The van der Waals surface area contributed by atoms with Crippen LogP contribution in [-0.4, -0.2) is 79.8 Å². The standard InChI is InChI=1S/C20H26N2O8/c1-14-2-3-15(30-11-10-29-9-8-28-7-6-23)12-16(14)20(27)22(13-24)17-4-5-18(25)21-19(17)26/h2-3,12-13,17,23H,4-11H2,1H3,(H,21,25,26). The summed E-state index contributed by atoms with van der Waals surface area (Å²) in [6.45, 7) is 3.20. The Morgan fingerprint density at radius 3 is 2.57 bits per heavy atom. The minimum absolute atomic E-state index is 0.0390. The van der Waals surface area contributed by atoms with Gasteiger partial charge in [0, 0.05) is 12.0 Å². The van der Waals surface area contributed by atoms with Crippen LogP contribution >= 0.6 is 0 Å². The number of nitrogens with zero attached hydrogens (tertiary/aromatic N) is 1. The predicted octanol–water partition coefficient (Wildman–Crippen LogP) is -0.197. The second-order valence-electron chi connectivity index (χ2n) is 6.56. The monoisotopic (exact) mass is 422 g/mol. The van der Waals surface area contributed by atoms with Crippen LogP contribution in [0, 0.1) is 6.92 Å². The third kappa shape index (κ3) is 6.61. The molecule has 0 saturated carbocycles. The van der Waals surface area contributed by atoms with Gasteiger partial charge in [0.25, 0.3) is 5.91 Å². The Labute approximate surface area is 174 Å². The fourth-order valence-electron chi connectivity index (χ4n) is 2.88. The molecular formula is C20H26N2O8. The Morgan fingerprint density at radius 2 is 1.90 bits per heavy atom. The molecule has 1 atom stereocenters. The molecule has 2 rings (SSSR count). The van der Waals surface area contributed by atoms with E-state index in [1.807, 2.05) is 0 Å². The van der Waals surface area contributed by atoms with E-state index in [-0.39, 0.29) is 38.2 Å². The summed E-state index contributed by atoms with van der Waals surface area (Å²) in [6.07, 6.45) is 0.451. The molecule has 0 radical (unpaired) electrons. The van der Waals surface area contributed by atoms with Gasteiger partial charge in [0.15, 0.2) is 0 Å². The molecule has 30 heavy (non-hydrogen) atoms. The molecule has 0 aliphatic carbocycles. The number of carbonyl (C=O) groups is 4. The number of imide groups is 2. The van der Waals surface area contributed by atoms with Gasteiger partial charge in [0.2, 0.25) is 18.2 Å². The first-order valence-corrected chi connectivity index (χ1v) is 9.59. The number of benzene rings is 1. The summed E-state index contributed by atoms with van der Waals surface area (Å²) >= 11 is 0. The van der Waals surface area contributed by atoms with Gasteiger partial charge >= 0.3 is 0 Å². The molecule has 0 spiro atoms. The zero-order chi connectivity index (χ0) is 21.9. The van der Waals surface area contributed by atoms with Gasteiger partial charge < -0.3 is 19.3 Å². The number of amides is 4. The lowest BCUT2D eigenvalue weighted by molar-refractivity contribution is -0.139. The van der Waals surface area contributed by atoms with Crippen molar-refractivity contribution in [2.75, 3.05) is 39.6 Å². The first-order chi connectivity index (χ1) is 14.5. The van der Waals surface area contributed by atoms with Crippen molar-refractivity contribution in [1.82, 2.24) is 10.2 Å². The van der Waals surface area contributed by atoms with E-state index in [9.17, 15) is 19.2 Å². The molecule has 0 aromatic heterocycles. The van der Waals surface area contributed by atoms with Gasteiger partial charge in [-0.2, -0.15) is 0 Å². The average molecular weight is 422 g/mol. The number of nitrogens with one attached hydrogen (secondary N) is 1. The van der Waals surface area contributed by atoms with E-state index in [0.717, 1.165) is 4.90 Å². The number of ether oxygens (including phenoxy) is 3. The van der Waals surface area contributed by atoms with Crippen LogP contribution in [-0.2, 0) is 23.9 Å². The molecule has 1 saturated heterocycles. The molecule has 1 aliphatic heterocycles. The van der Waals surface area contributed by atoms with Crippen LogP contribution in [0.4, 0.5) is 0 Å². The van der Waals surface area contributed by atoms with Crippen molar-refractivity contribution in [2.24, 2.45) is 0 Å². The highest BCUT2D eigenvalue weighted by Crippen LogP contribution is 2.21. The number of piperidine rings is 1. The van der Waals surface area contributed by atoms with Crippen LogP contribution in [0.2, 0.25) is 0 Å². The van der Waals surface area contributed by atoms with Gasteiger partial charge in [-0.3, -0.25) is 29.4 Å². The zero-order valence-electron chi connectivity index (χ0n) is 16.8. The van der Waals surface area contributed by atoms with Crippen LogP contribution < -0.4 is 10.1 Å². The van der Waals surface area contributed by atoms with Crippen molar-refractivity contribution in [3.05, 3.63) is 29.3 Å². The smallest absolute Gasteiger partial charge is 0.261 e. The van der Waals surface area contributed by atoms with Crippen molar-refractivity contribution in [1.29, 1.82) is 0 Å². The molecule has 1 unspecified atom stereocenters. The van der Waals surface area contributed by atoms with E-state index in [0.29, 0.717) is 37.5 Å². The molecule has 0 bridgehead atoms. The second kappa shape index (κ2) is 12.0. The molecule has 10 heteroatoms. The normalized spacial score (nSPS) is 16.1. The third-order valence-electron chi connectivity index (χ3n) is 4.44. The Hall–Kier alpha value is -2.82. The molecule has 164 valence electrons. The van der Waals surface area contributed by atoms with E-state index in [2.05, 4.69) is 5.32 Å². The van der Waals surface area contributed by atoms with E-state index in [1.165, 1.54) is 6.07 Å². The van der Waals surface area contributed by atoms with Crippen molar-refractivity contribution in [2.45, 2.75) is 25.8 Å². The van der Waals surface area contributed by atoms with Crippen LogP contribution in [0.1, 0.15) is 28.8 Å². The lowest BCUT2D eigenvalue weighted by Crippen LogP contribution is -2.53. The van der Waals surface area contributed by atoms with Crippen molar-refractivity contribution < 1.29 is 38.5 Å². The van der Waals surface area contributed by atoms with Crippen molar-refractivity contribution in [3.8, 4) is 5.75 Å². The van der Waals surface area contributed by atoms with Gasteiger partial charge in [-0.15, -0.1) is 0 Å². The minimum Gasteiger partial charge on any atom is -0.491 e. The molecule has 1 aromatic rings. The number of hydrogen-bond acceptors (Lipinski definition) is 8. The molecule has 4 amide bonds. The largest absolute Gasteiger partial charge is 0.491 e. The maximum absolute atomic E-state index is 12.9. The lowest BCUT2D eigenvalue weighted by atomic mass is 10.0. The molecule has 1 aromatic carbocycles. The summed E-state index contributed by atoms with van der Waals surface area (Å²) in [5.74, 6) is -1.32. The van der Waals surface area contributed by atoms with Crippen LogP contribution in [0.25, 0.3) is 0 Å². The van der Waals surface area contributed by atoms with E-state index < -0.39 is 23.8 Å². The zero-order valence-corrected chi connectivity index (χ0v) is 16.8. The maximum atomic E-state index is 12.9. The Kier molecular flexibility index (Phi) is 9.39. The van der Waals surface area contributed by atoms with Crippen molar-refractivity contribution in [3.63, 3.8) is 0 Å². The predicted molar refractivity (Wildman–Crippen MR) is 104 cm³/mol. The summed E-state index contributed by atoms with van der Waals surface area (Å²) < 4.78 is 16.0. The number of aliphatic hydroxyl groups excluding tert-OH is 1. The molecule has 2 N–H and O–H groups in total. The summed E-state index contributed by atoms with van der Waals surface area (Å²) in [5.41, 5.74) is 0.839. The Bertz CT molecular complexity index is 767. The van der Waals surface area contributed by atoms with E-state index in [1.54, 1.807) is 19.1 Å². The molecular weight excluding hydrogens is 396 g/mol. The highest BCUT2D eigenvalue weighted by Gasteiger charge is 2.35. The van der Waals surface area contributed by atoms with E-state index in [4.69, 9.17) is 19.3 Å². The Balaban J connectivity index is 1.94.